The Bertz CT molecular complexity index is 1100. The molecular weight excluding hydrogens is 478 g/mol. The van der Waals surface area contributed by atoms with E-state index < -0.39 is 0 Å². The number of pyridine rings is 2. The zero-order valence-corrected chi connectivity index (χ0v) is 21.0. The van der Waals surface area contributed by atoms with E-state index in [0.29, 0.717) is 25.0 Å². The Labute approximate surface area is 215 Å². The summed E-state index contributed by atoms with van der Waals surface area (Å²) in [5.41, 5.74) is 1.17. The van der Waals surface area contributed by atoms with Crippen molar-refractivity contribution < 1.29 is 24.6 Å². The van der Waals surface area contributed by atoms with Gasteiger partial charge in [-0.3, -0.25) is 24.1 Å². The molecule has 37 heavy (non-hydrogen) atoms. The Morgan fingerprint density at radius 3 is 2.57 bits per heavy atom. The quantitative estimate of drug-likeness (QED) is 0.506. The van der Waals surface area contributed by atoms with Crippen LogP contribution in [0.5, 0.6) is 0 Å². The number of aromatic nitrogens is 2. The van der Waals surface area contributed by atoms with E-state index in [9.17, 15) is 9.59 Å². The van der Waals surface area contributed by atoms with Crippen molar-refractivity contribution in [2.45, 2.75) is 44.7 Å². The molecule has 5 heterocycles. The van der Waals surface area contributed by atoms with E-state index in [4.69, 9.17) is 19.8 Å². The predicted molar refractivity (Wildman–Crippen MR) is 138 cm³/mol. The van der Waals surface area contributed by atoms with Crippen LogP contribution in [-0.2, 0) is 16.1 Å². The van der Waals surface area contributed by atoms with Gasteiger partial charge in [0.25, 0.3) is 24.4 Å². The molecule has 0 aromatic carbocycles. The minimum atomic E-state index is -0.250. The summed E-state index contributed by atoms with van der Waals surface area (Å²) in [5.74, 6) is 1.43. The molecule has 3 aliphatic heterocycles. The Balaban J connectivity index is 0.000000580. The highest BCUT2D eigenvalue weighted by molar-refractivity contribution is 5.93. The maximum atomic E-state index is 13.2. The highest BCUT2D eigenvalue weighted by atomic mass is 16.3. The van der Waals surface area contributed by atoms with Gasteiger partial charge in [0.05, 0.1) is 0 Å². The van der Waals surface area contributed by atoms with E-state index in [0.717, 1.165) is 50.5 Å². The zero-order valence-electron chi connectivity index (χ0n) is 21.0. The average Bonchev–Trinajstić information content (AvgIpc) is 3.37. The number of likely N-dealkylation sites (N-methyl/N-ethyl adjacent to an activating group) is 1. The summed E-state index contributed by atoms with van der Waals surface area (Å²) < 4.78 is 1.86. The van der Waals surface area contributed by atoms with Crippen LogP contribution in [0.25, 0.3) is 0 Å². The van der Waals surface area contributed by atoms with Gasteiger partial charge in [0.15, 0.2) is 0 Å². The van der Waals surface area contributed by atoms with E-state index in [1.165, 1.54) is 6.42 Å². The van der Waals surface area contributed by atoms with Crippen LogP contribution in [-0.4, -0.2) is 82.3 Å². The third-order valence-corrected chi connectivity index (χ3v) is 7.23. The van der Waals surface area contributed by atoms with Crippen LogP contribution < -0.4 is 15.8 Å². The first kappa shape index (κ1) is 27.9. The van der Waals surface area contributed by atoms with Crippen LogP contribution >= 0.6 is 0 Å². The maximum Gasteiger partial charge on any atom is 0.290 e. The van der Waals surface area contributed by atoms with Crippen LogP contribution in [0.1, 0.15) is 48.2 Å². The van der Waals surface area contributed by atoms with Gasteiger partial charge in [0.2, 0.25) is 0 Å². The van der Waals surface area contributed by atoms with E-state index in [2.05, 4.69) is 27.0 Å². The molecule has 3 aliphatic rings. The molecule has 0 unspecified atom stereocenters. The number of carboxylic acid groups (broad SMARTS) is 2. The van der Waals surface area contributed by atoms with Gasteiger partial charge in [0, 0.05) is 50.0 Å². The minimum absolute atomic E-state index is 0.144. The first-order chi connectivity index (χ1) is 18.0. The number of likely N-dealkylation sites (tertiary alicyclic amines) is 1. The van der Waals surface area contributed by atoms with Crippen molar-refractivity contribution in [1.29, 1.82) is 0 Å². The summed E-state index contributed by atoms with van der Waals surface area (Å²) in [4.78, 5) is 52.0. The van der Waals surface area contributed by atoms with Crippen molar-refractivity contribution in [3.8, 4) is 0 Å². The molecule has 5 rings (SSSR count). The van der Waals surface area contributed by atoms with Crippen LogP contribution in [0, 0.1) is 5.92 Å². The fourth-order valence-corrected chi connectivity index (χ4v) is 5.69. The molecule has 200 valence electrons. The van der Waals surface area contributed by atoms with Crippen molar-refractivity contribution in [3.05, 3.63) is 58.1 Å². The predicted octanol–water partition coefficient (Wildman–Crippen LogP) is 1.48. The smallest absolute Gasteiger partial charge is 0.290 e. The fraction of sp³-hybridized carbons (Fsp3) is 0.500. The molecule has 0 aliphatic carbocycles. The molecule has 2 fully saturated rings. The summed E-state index contributed by atoms with van der Waals surface area (Å²) >= 11 is 0. The topological polar surface area (TPSA) is 145 Å². The molecule has 0 saturated carbocycles. The number of hydrogen-bond acceptors (Lipinski definition) is 7. The number of rotatable bonds is 5. The third kappa shape index (κ3) is 6.73. The van der Waals surface area contributed by atoms with Crippen molar-refractivity contribution in [1.82, 2.24) is 19.8 Å². The van der Waals surface area contributed by atoms with Crippen LogP contribution in [0.2, 0.25) is 0 Å². The Kier molecular flexibility index (Phi) is 10.2. The van der Waals surface area contributed by atoms with Gasteiger partial charge in [-0.2, -0.15) is 0 Å². The zero-order chi connectivity index (χ0) is 26.8. The van der Waals surface area contributed by atoms with Crippen molar-refractivity contribution in [3.63, 3.8) is 0 Å². The highest BCUT2D eigenvalue weighted by Crippen LogP contribution is 2.36. The van der Waals surface area contributed by atoms with Crippen LogP contribution in [0.4, 0.5) is 5.82 Å². The van der Waals surface area contributed by atoms with E-state index in [1.807, 2.05) is 35.0 Å². The summed E-state index contributed by atoms with van der Waals surface area (Å²) in [6.45, 7) is 6.77. The number of fused-ring (bicyclic) bond motifs is 4. The van der Waals surface area contributed by atoms with Crippen molar-refractivity contribution in [2.75, 3.05) is 37.6 Å². The van der Waals surface area contributed by atoms with E-state index >= 15 is 0 Å². The molecule has 3 atom stereocenters. The van der Waals surface area contributed by atoms with Gasteiger partial charge in [-0.25, -0.2) is 4.98 Å². The summed E-state index contributed by atoms with van der Waals surface area (Å²) in [5, 5.41) is 16.8. The lowest BCUT2D eigenvalue weighted by Gasteiger charge is -2.43. The largest absolute Gasteiger partial charge is 0.483 e. The van der Waals surface area contributed by atoms with Gasteiger partial charge in [-0.15, -0.1) is 0 Å². The number of nitrogens with zero attached hydrogens (tertiary/aromatic N) is 4. The SMILES string of the molecule is CCN1CCC[C@H]1CNC(=O)c1ccc2n(c1=O)C[C@H]1C[C@@H]2CN(c2ccccn2)C1.O=CO.O=CO. The second kappa shape index (κ2) is 13.5. The monoisotopic (exact) mass is 513 g/mol. The number of hydrogen-bond donors (Lipinski definition) is 3. The van der Waals surface area contributed by atoms with Crippen molar-refractivity contribution in [2.24, 2.45) is 5.92 Å². The number of carbonyl (C=O) groups is 3. The first-order valence-corrected chi connectivity index (χ1v) is 12.5. The number of carbonyl (C=O) groups excluding carboxylic acids is 1. The molecule has 0 radical (unpaired) electrons. The van der Waals surface area contributed by atoms with Gasteiger partial charge in [-0.1, -0.05) is 13.0 Å². The molecule has 11 nitrogen and oxygen atoms in total. The third-order valence-electron chi connectivity index (χ3n) is 7.23. The van der Waals surface area contributed by atoms with E-state index in [-0.39, 0.29) is 35.9 Å². The van der Waals surface area contributed by atoms with Gasteiger partial charge >= 0.3 is 0 Å². The average molecular weight is 514 g/mol. The Morgan fingerprint density at radius 2 is 1.89 bits per heavy atom. The molecular formula is C26H35N5O6. The first-order valence-electron chi connectivity index (χ1n) is 12.5. The van der Waals surface area contributed by atoms with Crippen LogP contribution in [0.3, 0.4) is 0 Å². The number of anilines is 1. The summed E-state index contributed by atoms with van der Waals surface area (Å²) in [6.07, 6.45) is 5.19. The Hall–Kier alpha value is -3.73. The standard InChI is InChI=1S/C24H31N5O2.2CH2O2/c1-2-27-11-5-6-19(27)13-26-23(30)20-8-9-21-18-12-17(15-29(21)24(20)31)14-28(16-18)22-7-3-4-10-25-22;2*2-1-3/h3-4,7-10,17-19H,2,5-6,11-16H2,1H3,(H,26,30);2*1H,(H,2,3)/t17-,18+,19-;;/m0../s1. The molecule has 2 aromatic rings. The molecule has 2 aromatic heterocycles. The molecule has 3 N–H and O–H groups in total. The van der Waals surface area contributed by atoms with Crippen LogP contribution in [0.15, 0.2) is 41.3 Å². The molecule has 11 heteroatoms. The second-order valence-electron chi connectivity index (χ2n) is 9.32. The Morgan fingerprint density at radius 1 is 1.14 bits per heavy atom. The molecule has 2 bridgehead atoms. The summed E-state index contributed by atoms with van der Waals surface area (Å²) in [7, 11) is 0. The van der Waals surface area contributed by atoms with Crippen molar-refractivity contribution >= 4 is 24.7 Å². The normalized spacial score (nSPS) is 21.9. The number of nitrogens with one attached hydrogen (secondary N) is 1. The van der Waals surface area contributed by atoms with Gasteiger partial charge in [0.1, 0.15) is 11.4 Å². The molecule has 2 saturated heterocycles. The maximum absolute atomic E-state index is 13.2. The molecule has 1 amide bonds. The highest BCUT2D eigenvalue weighted by Gasteiger charge is 2.36. The van der Waals surface area contributed by atoms with Gasteiger partial charge in [-0.05, 0) is 62.5 Å². The fourth-order valence-electron chi connectivity index (χ4n) is 5.69. The second-order valence-corrected chi connectivity index (χ2v) is 9.32. The lowest BCUT2D eigenvalue weighted by molar-refractivity contribution is -0.123. The lowest BCUT2D eigenvalue weighted by atomic mass is 9.83. The lowest BCUT2D eigenvalue weighted by Crippen LogP contribution is -2.48. The number of amides is 1. The van der Waals surface area contributed by atoms with E-state index in [1.54, 1.807) is 6.07 Å². The minimum Gasteiger partial charge on any atom is -0.483 e. The molecule has 0 spiro atoms. The summed E-state index contributed by atoms with van der Waals surface area (Å²) in [6, 6.07) is 10.1. The number of piperidine rings is 1. The van der Waals surface area contributed by atoms with Gasteiger partial charge < -0.3 is 25.0 Å².